The summed E-state index contributed by atoms with van der Waals surface area (Å²) >= 11 is 1.48. The molecule has 1 aromatic rings. The Morgan fingerprint density at radius 2 is 1.90 bits per heavy atom. The van der Waals surface area contributed by atoms with Crippen molar-refractivity contribution in [3.05, 3.63) is 35.9 Å². The Morgan fingerprint density at radius 1 is 1.25 bits per heavy atom. The summed E-state index contributed by atoms with van der Waals surface area (Å²) in [5.74, 6) is 1.18. The predicted octanol–water partition coefficient (Wildman–Crippen LogP) is 3.00. The van der Waals surface area contributed by atoms with Crippen LogP contribution in [-0.4, -0.2) is 28.6 Å². The number of aliphatic hydroxyl groups excluding tert-OH is 1. The summed E-state index contributed by atoms with van der Waals surface area (Å²) in [5, 5.41) is 12.8. The van der Waals surface area contributed by atoms with E-state index in [1.807, 2.05) is 37.3 Å². The van der Waals surface area contributed by atoms with Crippen molar-refractivity contribution in [2.45, 2.75) is 38.5 Å². The van der Waals surface area contributed by atoms with E-state index in [1.54, 1.807) is 0 Å². The van der Waals surface area contributed by atoms with Crippen LogP contribution in [0.4, 0.5) is 0 Å². The lowest BCUT2D eigenvalue weighted by molar-refractivity contribution is -0.120. The number of carbonyl (C=O) groups is 1. The lowest BCUT2D eigenvalue weighted by Crippen LogP contribution is -2.32. The Morgan fingerprint density at radius 3 is 2.50 bits per heavy atom. The van der Waals surface area contributed by atoms with Gasteiger partial charge in [0.05, 0.1) is 11.4 Å². The van der Waals surface area contributed by atoms with Crippen LogP contribution >= 0.6 is 11.8 Å². The quantitative estimate of drug-likeness (QED) is 0.775. The first-order valence-corrected chi connectivity index (χ1v) is 8.18. The number of aliphatic hydroxyl groups is 1. The van der Waals surface area contributed by atoms with Crippen molar-refractivity contribution in [3.63, 3.8) is 0 Å². The number of amides is 1. The number of hydrogen-bond donors (Lipinski definition) is 2. The van der Waals surface area contributed by atoms with Crippen LogP contribution < -0.4 is 5.32 Å². The Bertz CT molecular complexity index is 395. The molecule has 0 bridgehead atoms. The Balaban J connectivity index is 2.28. The lowest BCUT2D eigenvalue weighted by atomic mass is 10.1. The van der Waals surface area contributed by atoms with E-state index >= 15 is 0 Å². The maximum Gasteiger partial charge on any atom is 0.232 e. The minimum absolute atomic E-state index is 0.0518. The van der Waals surface area contributed by atoms with Crippen LogP contribution in [-0.2, 0) is 4.79 Å². The first-order valence-electron chi connectivity index (χ1n) is 7.13. The fourth-order valence-corrected chi connectivity index (χ4v) is 2.61. The molecule has 3 nitrogen and oxygen atoms in total. The highest BCUT2D eigenvalue weighted by Crippen LogP contribution is 2.21. The maximum atomic E-state index is 11.9. The van der Waals surface area contributed by atoms with Crippen molar-refractivity contribution in [3.8, 4) is 0 Å². The zero-order valence-electron chi connectivity index (χ0n) is 12.5. The van der Waals surface area contributed by atoms with Gasteiger partial charge in [0, 0.05) is 12.3 Å². The van der Waals surface area contributed by atoms with Gasteiger partial charge in [-0.3, -0.25) is 4.79 Å². The molecule has 0 radical (unpaired) electrons. The van der Waals surface area contributed by atoms with Crippen molar-refractivity contribution < 1.29 is 9.90 Å². The van der Waals surface area contributed by atoms with Crippen LogP contribution in [0.25, 0.3) is 0 Å². The molecular weight excluding hydrogens is 270 g/mol. The summed E-state index contributed by atoms with van der Waals surface area (Å²) in [6.45, 7) is 6.89. The standard InChI is InChI=1S/C16H25NO2S/c1-12(2)9-10-17-16(19)13(3)20-11-15(18)14-7-5-4-6-8-14/h4-8,12-13,15,18H,9-11H2,1-3H3,(H,17,19). The van der Waals surface area contributed by atoms with Crippen LogP contribution in [0, 0.1) is 5.92 Å². The van der Waals surface area contributed by atoms with Gasteiger partial charge in [0.25, 0.3) is 0 Å². The van der Waals surface area contributed by atoms with E-state index in [-0.39, 0.29) is 11.2 Å². The molecule has 112 valence electrons. The van der Waals surface area contributed by atoms with Gasteiger partial charge in [0.2, 0.25) is 5.91 Å². The third-order valence-corrected chi connectivity index (χ3v) is 4.30. The maximum absolute atomic E-state index is 11.9. The van der Waals surface area contributed by atoms with Gasteiger partial charge in [-0.05, 0) is 24.8 Å². The molecular formula is C16H25NO2S. The molecule has 0 saturated heterocycles. The lowest BCUT2D eigenvalue weighted by Gasteiger charge is -2.15. The summed E-state index contributed by atoms with van der Waals surface area (Å²) < 4.78 is 0. The third-order valence-electron chi connectivity index (χ3n) is 3.08. The Labute approximate surface area is 126 Å². The molecule has 1 aromatic carbocycles. The van der Waals surface area contributed by atoms with E-state index in [4.69, 9.17) is 0 Å². The molecule has 1 rings (SSSR count). The third kappa shape index (κ3) is 6.44. The minimum atomic E-state index is -0.521. The SMILES string of the molecule is CC(C)CCNC(=O)C(C)SCC(O)c1ccccc1. The van der Waals surface area contributed by atoms with Gasteiger partial charge >= 0.3 is 0 Å². The number of hydrogen-bond acceptors (Lipinski definition) is 3. The number of rotatable bonds is 8. The average molecular weight is 295 g/mol. The van der Waals surface area contributed by atoms with Crippen LogP contribution in [0.15, 0.2) is 30.3 Å². The zero-order valence-corrected chi connectivity index (χ0v) is 13.3. The number of thioether (sulfide) groups is 1. The molecule has 0 aliphatic heterocycles. The molecule has 0 aromatic heterocycles. The molecule has 1 amide bonds. The van der Waals surface area contributed by atoms with E-state index in [2.05, 4.69) is 19.2 Å². The van der Waals surface area contributed by atoms with Gasteiger partial charge in [-0.1, -0.05) is 44.2 Å². The van der Waals surface area contributed by atoms with E-state index in [0.717, 1.165) is 18.5 Å². The normalized spacial score (nSPS) is 14.1. The largest absolute Gasteiger partial charge is 0.388 e. The number of carbonyl (C=O) groups excluding carboxylic acids is 1. The van der Waals surface area contributed by atoms with Gasteiger partial charge in [0.15, 0.2) is 0 Å². The van der Waals surface area contributed by atoms with Gasteiger partial charge in [-0.2, -0.15) is 0 Å². The molecule has 20 heavy (non-hydrogen) atoms. The first-order chi connectivity index (χ1) is 9.50. The van der Waals surface area contributed by atoms with Crippen LogP contribution in [0.2, 0.25) is 0 Å². The van der Waals surface area contributed by atoms with Crippen LogP contribution in [0.3, 0.4) is 0 Å². The van der Waals surface area contributed by atoms with Crippen molar-refractivity contribution >= 4 is 17.7 Å². The molecule has 0 fully saturated rings. The van der Waals surface area contributed by atoms with Crippen LogP contribution in [0.1, 0.15) is 38.9 Å². The highest BCUT2D eigenvalue weighted by molar-refractivity contribution is 8.00. The fraction of sp³-hybridized carbons (Fsp3) is 0.562. The molecule has 2 unspecified atom stereocenters. The summed E-state index contributed by atoms with van der Waals surface area (Å²) in [7, 11) is 0. The van der Waals surface area contributed by atoms with E-state index in [0.29, 0.717) is 11.7 Å². The average Bonchev–Trinajstić information content (AvgIpc) is 2.44. The molecule has 0 spiro atoms. The highest BCUT2D eigenvalue weighted by atomic mass is 32.2. The smallest absolute Gasteiger partial charge is 0.232 e. The monoisotopic (exact) mass is 295 g/mol. The number of nitrogens with one attached hydrogen (secondary N) is 1. The fourth-order valence-electron chi connectivity index (χ4n) is 1.71. The molecule has 0 aliphatic carbocycles. The highest BCUT2D eigenvalue weighted by Gasteiger charge is 2.15. The topological polar surface area (TPSA) is 49.3 Å². The minimum Gasteiger partial charge on any atom is -0.388 e. The van der Waals surface area contributed by atoms with Crippen molar-refractivity contribution in [1.29, 1.82) is 0 Å². The van der Waals surface area contributed by atoms with Gasteiger partial charge in [0.1, 0.15) is 0 Å². The van der Waals surface area contributed by atoms with Gasteiger partial charge < -0.3 is 10.4 Å². The van der Waals surface area contributed by atoms with Crippen LogP contribution in [0.5, 0.6) is 0 Å². The second-order valence-electron chi connectivity index (χ2n) is 5.38. The van der Waals surface area contributed by atoms with Gasteiger partial charge in [-0.25, -0.2) is 0 Å². The molecule has 0 aliphatic rings. The summed E-state index contributed by atoms with van der Waals surface area (Å²) in [4.78, 5) is 11.9. The van der Waals surface area contributed by atoms with Crippen molar-refractivity contribution in [1.82, 2.24) is 5.32 Å². The second-order valence-corrected chi connectivity index (χ2v) is 6.75. The summed E-state index contributed by atoms with van der Waals surface area (Å²) in [5.41, 5.74) is 0.896. The Kier molecular flexibility index (Phi) is 7.70. The molecule has 2 N–H and O–H groups in total. The second kappa shape index (κ2) is 9.03. The first kappa shape index (κ1) is 17.1. The molecule has 2 atom stereocenters. The molecule has 0 saturated carbocycles. The van der Waals surface area contributed by atoms with Crippen molar-refractivity contribution in [2.24, 2.45) is 5.92 Å². The molecule has 0 heterocycles. The zero-order chi connectivity index (χ0) is 15.0. The van der Waals surface area contributed by atoms with E-state index < -0.39 is 6.10 Å². The summed E-state index contributed by atoms with van der Waals surface area (Å²) in [6.07, 6.45) is 0.475. The van der Waals surface area contributed by atoms with E-state index in [9.17, 15) is 9.90 Å². The molecule has 4 heteroatoms. The van der Waals surface area contributed by atoms with Crippen molar-refractivity contribution in [2.75, 3.05) is 12.3 Å². The van der Waals surface area contributed by atoms with Gasteiger partial charge in [-0.15, -0.1) is 11.8 Å². The Hall–Kier alpha value is -1.00. The summed E-state index contributed by atoms with van der Waals surface area (Å²) in [6, 6.07) is 9.54. The predicted molar refractivity (Wildman–Crippen MR) is 85.8 cm³/mol. The van der Waals surface area contributed by atoms with E-state index in [1.165, 1.54) is 11.8 Å². The number of benzene rings is 1.